The molecule has 136 heavy (non-hydrogen) atoms. The van der Waals surface area contributed by atoms with Crippen LogP contribution in [0.1, 0.15) is 102 Å². The van der Waals surface area contributed by atoms with Crippen LogP contribution in [0.2, 0.25) is 0 Å². The van der Waals surface area contributed by atoms with Crippen molar-refractivity contribution >= 4 is 107 Å². The van der Waals surface area contributed by atoms with Crippen LogP contribution in [0.5, 0.6) is 17.2 Å². The third-order valence-corrected chi connectivity index (χ3v) is 19.6. The van der Waals surface area contributed by atoms with Crippen molar-refractivity contribution in [3.63, 3.8) is 0 Å². The number of benzene rings is 4. The average Bonchev–Trinajstić information content (AvgIpc) is 0.987. The quantitative estimate of drug-likeness (QED) is 0.00302. The van der Waals surface area contributed by atoms with Gasteiger partial charge in [-0.3, -0.25) is 88.4 Å². The zero-order valence-electron chi connectivity index (χ0n) is 71.2. The smallest absolute Gasteiger partial charge is 0.463 e. The van der Waals surface area contributed by atoms with E-state index in [-0.39, 0.29) is 65.1 Å². The van der Waals surface area contributed by atoms with E-state index in [4.69, 9.17) is 76.8 Å². The van der Waals surface area contributed by atoms with Crippen LogP contribution in [-0.2, 0) is 135 Å². The van der Waals surface area contributed by atoms with E-state index in [9.17, 15) is 159 Å². The molecule has 4 fully saturated rings. The fourth-order valence-electron chi connectivity index (χ4n) is 12.8. The van der Waals surface area contributed by atoms with Crippen molar-refractivity contribution in [2.24, 2.45) is 11.7 Å². The van der Waals surface area contributed by atoms with Crippen LogP contribution in [0.4, 0.5) is 37.1 Å². The molecule has 0 bridgehead atoms. The Morgan fingerprint density at radius 1 is 0.478 bits per heavy atom. The molecule has 4 aromatic rings. The van der Waals surface area contributed by atoms with Gasteiger partial charge >= 0.3 is 78.2 Å². The molecule has 4 aliphatic heterocycles. The van der Waals surface area contributed by atoms with Crippen molar-refractivity contribution < 1.29 is 228 Å². The Morgan fingerprint density at radius 3 is 1.36 bits per heavy atom. The van der Waals surface area contributed by atoms with Gasteiger partial charge in [0, 0.05) is 67.5 Å². The number of hydrogen-bond donors (Lipinski definition) is 11. The van der Waals surface area contributed by atoms with Crippen LogP contribution >= 0.6 is 0 Å². The third-order valence-electron chi connectivity index (χ3n) is 19.6. The molecular weight excluding hydrogens is 1850 g/mol. The van der Waals surface area contributed by atoms with Gasteiger partial charge in [0.25, 0.3) is 29.2 Å². The van der Waals surface area contributed by atoms with Gasteiger partial charge in [-0.05, 0) is 68.3 Å². The largest absolute Gasteiger partial charge is 0.521 e. The van der Waals surface area contributed by atoms with Crippen LogP contribution in [-0.4, -0.2) is 311 Å². The van der Waals surface area contributed by atoms with Gasteiger partial charge in [0.05, 0.1) is 116 Å². The summed E-state index contributed by atoms with van der Waals surface area (Å²) in [5.74, 6) is -17.1. The minimum absolute atomic E-state index is 0.115. The van der Waals surface area contributed by atoms with E-state index in [2.05, 4.69) is 18.9 Å². The van der Waals surface area contributed by atoms with Gasteiger partial charge in [0.2, 0.25) is 12.4 Å². The third kappa shape index (κ3) is 34.6. The highest BCUT2D eigenvalue weighted by atomic mass is 16.9. The summed E-state index contributed by atoms with van der Waals surface area (Å²) in [4.78, 5) is 216. The maximum atomic E-state index is 13.4. The average molecular weight is 1940 g/mol. The van der Waals surface area contributed by atoms with Gasteiger partial charge in [-0.15, -0.1) is 0 Å². The van der Waals surface area contributed by atoms with Crippen LogP contribution in [0.3, 0.4) is 0 Å². The molecule has 0 saturated carbocycles. The second-order valence-electron chi connectivity index (χ2n) is 29.6. The van der Waals surface area contributed by atoms with Gasteiger partial charge in [-0.25, -0.2) is 14.4 Å². The number of nitrogens with two attached hydrogens (primary N) is 1. The minimum atomic E-state index is -2.52. The molecule has 0 radical (unpaired) electrons. The molecule has 4 heterocycles. The van der Waals surface area contributed by atoms with E-state index in [1.165, 1.54) is 19.1 Å². The Morgan fingerprint density at radius 2 is 0.904 bits per heavy atom. The predicted molar refractivity (Wildman–Crippen MR) is 428 cm³/mol. The molecule has 4 aromatic carbocycles. The van der Waals surface area contributed by atoms with Crippen LogP contribution in [0.25, 0.3) is 0 Å². The van der Waals surface area contributed by atoms with Crippen LogP contribution < -0.4 is 19.9 Å². The predicted octanol–water partition coefficient (Wildman–Crippen LogP) is -0.629. The Labute approximate surface area is 763 Å². The number of Topliss-reactive ketones (excluding diaryl/α,β-unsaturated/α-hetero) is 1. The van der Waals surface area contributed by atoms with E-state index < -0.39 is 311 Å². The SMILES string of the molecule is CC(=O)CC1C(O)CC(OC=O)(OCC2OC(OC3C(CO)OC(OCCCCCCN)C(O)C3O)C(O)C(O)C2O)OC1[C@H](O)[C@H](O)CO.O=C(CCC(=O)OC(=O)Cc1ccc([N+](=O)[O-])cc1)OCC1OC(OC(=O)CCC(=O)OC(=O)Oc2ccc([N+](=O)[O-])cc2)C(OC(=O)CCC(=O)OC(=O)Oc2ccc([N+](=O)[O-])cc2)C1OC(=O)CCC(=O)OC(=O)Oc1ccc([N+](=O)[O-])cc1. The summed E-state index contributed by atoms with van der Waals surface area (Å²) in [5, 5.41) is 148. The second kappa shape index (κ2) is 53.7. The van der Waals surface area contributed by atoms with Gasteiger partial charge in [-0.1, -0.05) is 25.0 Å². The monoisotopic (exact) mass is 1940 g/mol. The lowest BCUT2D eigenvalue weighted by atomic mass is 9.82. The van der Waals surface area contributed by atoms with E-state index in [0.717, 1.165) is 104 Å². The maximum Gasteiger partial charge on any atom is 0.521 e. The molecule has 4 aliphatic rings. The zero-order chi connectivity index (χ0) is 100. The van der Waals surface area contributed by atoms with E-state index in [0.29, 0.717) is 13.0 Å². The Hall–Kier alpha value is -13.3. The van der Waals surface area contributed by atoms with Gasteiger partial charge in [-0.2, -0.15) is 0 Å². The van der Waals surface area contributed by atoms with E-state index in [1.807, 2.05) is 0 Å². The molecule has 4 saturated heterocycles. The number of nitro groups is 4. The highest BCUT2D eigenvalue weighted by Crippen LogP contribution is 2.41. The number of non-ortho nitro benzene ring substituents is 4. The Bertz CT molecular complexity index is 4790. The van der Waals surface area contributed by atoms with Crippen molar-refractivity contribution in [2.75, 3.05) is 39.6 Å². The summed E-state index contributed by atoms with van der Waals surface area (Å²) in [5.41, 5.74) is 4.28. The molecule has 744 valence electrons. The Balaban J connectivity index is 0.000000427. The Kier molecular flexibility index (Phi) is 43.4. The number of aliphatic hydroxyl groups is 10. The number of esters is 9. The molecule has 56 heteroatoms. The number of unbranched alkanes of at least 4 members (excludes halogenated alkanes) is 3. The lowest BCUT2D eigenvalue weighted by Gasteiger charge is -2.48. The number of nitrogens with zero attached hydrogens (tertiary/aromatic N) is 4. The molecule has 8 rings (SSSR count). The van der Waals surface area contributed by atoms with Gasteiger partial charge in [0.1, 0.15) is 96.8 Å². The molecule has 0 spiro atoms. The van der Waals surface area contributed by atoms with Gasteiger partial charge < -0.3 is 152 Å². The first-order chi connectivity index (χ1) is 64.5. The van der Waals surface area contributed by atoms with Crippen molar-refractivity contribution in [1.82, 2.24) is 0 Å². The standard InChI is InChI=1S/C50H40N4O32.C30H53NO19/c55-36(17-18-37(56)80-44(63)25-27-1-3-28(4-2-27)51(67)68)75-26-35-45(81-38(57)19-22-41(60)84-48(64)76-32-11-5-29(6-12-32)52(69)70)46(82-39(58)20-23-42(61)85-49(65)77-33-13-7-30(8-14-33)53(71)72)47(79-35)83-40(59)21-24-43(62)86-50(66)78-34-15-9-31(10-16-34)54(73)74;1-14(35)8-15-16(36)9-30(46-13-34,50-26(15)20(38)17(37)10-32)45-12-19-21(39)22(40)24(42)29(48-19)49-27-18(11-33)47-28(25(43)23(27)41)44-7-5-3-2-4-6-31/h1-16,35,45-47H,17-26H2;13,15-29,32-33,36-43H,2-12,31H2,1H3/t;15?,16?,17-,18?,19?,20-,21?,22?,23?,24?,25?,26?,27?,28?,29?,30?/m.1/s1. The molecule has 0 aliphatic carbocycles. The molecule has 18 unspecified atom stereocenters. The molecule has 12 N–H and O–H groups in total. The summed E-state index contributed by atoms with van der Waals surface area (Å²) in [6.45, 7) is -1.71. The normalized spacial score (nSPS) is 24.2. The summed E-state index contributed by atoms with van der Waals surface area (Å²) in [7, 11) is 0. The summed E-state index contributed by atoms with van der Waals surface area (Å²) in [6, 6.07) is 16.4. The number of ether oxygens (including phenoxy) is 19. The zero-order valence-corrected chi connectivity index (χ0v) is 71.2. The van der Waals surface area contributed by atoms with Crippen molar-refractivity contribution in [2.45, 2.75) is 220 Å². The minimum Gasteiger partial charge on any atom is -0.463 e. The van der Waals surface area contributed by atoms with Crippen LogP contribution in [0, 0.1) is 46.4 Å². The van der Waals surface area contributed by atoms with E-state index >= 15 is 0 Å². The number of carbonyl (C=O) groups excluding carboxylic acids is 14. The van der Waals surface area contributed by atoms with E-state index in [1.54, 1.807) is 0 Å². The summed E-state index contributed by atoms with van der Waals surface area (Å²) < 4.78 is 98.2. The number of nitro benzene ring substituents is 4. The number of ketones is 1. The van der Waals surface area contributed by atoms with Crippen molar-refractivity contribution in [3.05, 3.63) is 143 Å². The molecule has 20 atom stereocenters. The summed E-state index contributed by atoms with van der Waals surface area (Å²) in [6.07, 6.45) is -42.9. The fourth-order valence-corrected chi connectivity index (χ4v) is 12.8. The molecule has 0 aromatic heterocycles. The van der Waals surface area contributed by atoms with Gasteiger partial charge in [0.15, 0.2) is 18.7 Å². The second-order valence-corrected chi connectivity index (χ2v) is 29.6. The molecule has 0 amide bonds. The number of rotatable bonds is 46. The maximum absolute atomic E-state index is 13.4. The number of carbonyl (C=O) groups is 14. The number of hydrogen-bond acceptors (Lipinski definition) is 52. The fraction of sp³-hybridized carbons (Fsp3) is 0.525. The molecular formula is C80H93N5O51. The highest BCUT2D eigenvalue weighted by molar-refractivity contribution is 5.89. The first kappa shape index (κ1) is 110. The van der Waals surface area contributed by atoms with Crippen molar-refractivity contribution in [3.8, 4) is 17.2 Å². The lowest BCUT2D eigenvalue weighted by Crippen LogP contribution is -2.65. The molecule has 56 nitrogen and oxygen atoms in total. The first-order valence-electron chi connectivity index (χ1n) is 40.8. The highest BCUT2D eigenvalue weighted by Gasteiger charge is 2.57. The summed E-state index contributed by atoms with van der Waals surface area (Å²) >= 11 is 0. The lowest BCUT2D eigenvalue weighted by molar-refractivity contribution is -0.425. The topological polar surface area (TPSA) is 815 Å². The van der Waals surface area contributed by atoms with Crippen molar-refractivity contribution in [1.29, 1.82) is 0 Å². The first-order valence-corrected chi connectivity index (χ1v) is 40.8. The number of aliphatic hydroxyl groups excluding tert-OH is 10. The van der Waals surface area contributed by atoms with Crippen LogP contribution in [0.15, 0.2) is 97.1 Å².